The van der Waals surface area contributed by atoms with Gasteiger partial charge in [-0.2, -0.15) is 0 Å². The predicted molar refractivity (Wildman–Crippen MR) is 73.5 cm³/mol. The fourth-order valence-electron chi connectivity index (χ4n) is 2.64. The third-order valence-electron chi connectivity index (χ3n) is 4.33. The summed E-state index contributed by atoms with van der Waals surface area (Å²) in [5.41, 5.74) is 0. The van der Waals surface area contributed by atoms with Gasteiger partial charge < -0.3 is 15.1 Å². The first-order valence-electron chi connectivity index (χ1n) is 7.31. The van der Waals surface area contributed by atoms with Crippen LogP contribution in [-0.4, -0.2) is 62.0 Å². The topological polar surface area (TPSA) is 35.6 Å². The summed E-state index contributed by atoms with van der Waals surface area (Å²) >= 11 is 0. The van der Waals surface area contributed by atoms with Crippen molar-refractivity contribution < 1.29 is 4.79 Å². The number of rotatable bonds is 6. The van der Waals surface area contributed by atoms with Crippen LogP contribution in [-0.2, 0) is 4.79 Å². The fraction of sp³-hybridized carbons (Fsp3) is 0.929. The molecule has 0 bridgehead atoms. The largest absolute Gasteiger partial charge is 0.342 e. The number of nitrogens with one attached hydrogen (secondary N) is 1. The smallest absolute Gasteiger partial charge is 0.236 e. The van der Waals surface area contributed by atoms with Gasteiger partial charge in [0.25, 0.3) is 0 Å². The highest BCUT2D eigenvalue weighted by Crippen LogP contribution is 2.25. The molecule has 0 aromatic carbocycles. The van der Waals surface area contributed by atoms with Crippen LogP contribution in [0.2, 0.25) is 0 Å². The van der Waals surface area contributed by atoms with Crippen molar-refractivity contribution >= 4 is 5.91 Å². The Morgan fingerprint density at radius 3 is 2.56 bits per heavy atom. The first-order chi connectivity index (χ1) is 8.66. The minimum absolute atomic E-state index is 0.251. The van der Waals surface area contributed by atoms with Gasteiger partial charge in [0.15, 0.2) is 0 Å². The number of carbonyl (C=O) groups excluding carboxylic acids is 1. The number of hydrogen-bond donors (Lipinski definition) is 1. The molecule has 4 nitrogen and oxygen atoms in total. The maximum atomic E-state index is 11.8. The van der Waals surface area contributed by atoms with E-state index < -0.39 is 0 Å². The van der Waals surface area contributed by atoms with Crippen molar-refractivity contribution in [1.29, 1.82) is 0 Å². The summed E-state index contributed by atoms with van der Waals surface area (Å²) in [6.45, 7) is 3.96. The van der Waals surface area contributed by atoms with E-state index in [1.54, 1.807) is 0 Å². The lowest BCUT2D eigenvalue weighted by Crippen LogP contribution is -2.38. The molecule has 0 spiro atoms. The average molecular weight is 253 g/mol. The fourth-order valence-corrected chi connectivity index (χ4v) is 2.64. The normalized spacial score (nSPS) is 22.1. The molecule has 2 aliphatic rings. The molecule has 0 aromatic heterocycles. The molecule has 4 heteroatoms. The van der Waals surface area contributed by atoms with Gasteiger partial charge in [0.1, 0.15) is 0 Å². The van der Waals surface area contributed by atoms with Crippen LogP contribution in [0.1, 0.15) is 32.1 Å². The standard InChI is InChI=1S/C14H27N3O/c1-16-9-6-12(7-10-16)5-8-15-11-14(18)17(2)13-3-4-13/h12-13,15H,3-11H2,1-2H3. The van der Waals surface area contributed by atoms with Crippen LogP contribution in [0, 0.1) is 5.92 Å². The SMILES string of the molecule is CN1CCC(CCNCC(=O)N(C)C2CC2)CC1. The van der Waals surface area contributed by atoms with Crippen LogP contribution in [0.3, 0.4) is 0 Å². The van der Waals surface area contributed by atoms with E-state index >= 15 is 0 Å². The summed E-state index contributed by atoms with van der Waals surface area (Å²) < 4.78 is 0. The molecular weight excluding hydrogens is 226 g/mol. The van der Waals surface area contributed by atoms with Crippen LogP contribution in [0.25, 0.3) is 0 Å². The number of piperidine rings is 1. The second-order valence-corrected chi connectivity index (χ2v) is 5.95. The quantitative estimate of drug-likeness (QED) is 0.715. The monoisotopic (exact) mass is 253 g/mol. The zero-order valence-corrected chi connectivity index (χ0v) is 11.8. The minimum atomic E-state index is 0.251. The molecule has 2 fully saturated rings. The van der Waals surface area contributed by atoms with E-state index in [2.05, 4.69) is 17.3 Å². The van der Waals surface area contributed by atoms with Crippen molar-refractivity contribution in [2.24, 2.45) is 5.92 Å². The molecule has 1 N–H and O–H groups in total. The molecular formula is C14H27N3O. The van der Waals surface area contributed by atoms with E-state index in [4.69, 9.17) is 0 Å². The Morgan fingerprint density at radius 2 is 1.94 bits per heavy atom. The Bertz CT molecular complexity index is 270. The zero-order chi connectivity index (χ0) is 13.0. The molecule has 1 aliphatic carbocycles. The van der Waals surface area contributed by atoms with E-state index in [0.717, 1.165) is 12.5 Å². The molecule has 1 saturated carbocycles. The number of likely N-dealkylation sites (N-methyl/N-ethyl adjacent to an activating group) is 1. The van der Waals surface area contributed by atoms with Crippen molar-refractivity contribution in [3.05, 3.63) is 0 Å². The predicted octanol–water partition coefficient (Wildman–Crippen LogP) is 0.929. The molecule has 0 aromatic rings. The van der Waals surface area contributed by atoms with E-state index in [1.807, 2.05) is 11.9 Å². The second-order valence-electron chi connectivity index (χ2n) is 5.95. The third-order valence-corrected chi connectivity index (χ3v) is 4.33. The maximum absolute atomic E-state index is 11.8. The molecule has 1 heterocycles. The highest BCUT2D eigenvalue weighted by Gasteiger charge is 2.29. The first kappa shape index (κ1) is 13.8. The third kappa shape index (κ3) is 4.25. The van der Waals surface area contributed by atoms with E-state index in [0.29, 0.717) is 12.6 Å². The lowest BCUT2D eigenvalue weighted by Gasteiger charge is -2.29. The van der Waals surface area contributed by atoms with Crippen molar-refractivity contribution in [3.8, 4) is 0 Å². The Balaban J connectivity index is 1.51. The second kappa shape index (κ2) is 6.53. The number of nitrogens with zero attached hydrogens (tertiary/aromatic N) is 2. The molecule has 1 saturated heterocycles. The van der Waals surface area contributed by atoms with Gasteiger partial charge in [-0.1, -0.05) is 0 Å². The van der Waals surface area contributed by atoms with Gasteiger partial charge in [-0.25, -0.2) is 0 Å². The highest BCUT2D eigenvalue weighted by atomic mass is 16.2. The Morgan fingerprint density at radius 1 is 1.28 bits per heavy atom. The van der Waals surface area contributed by atoms with Crippen molar-refractivity contribution in [2.45, 2.75) is 38.1 Å². The van der Waals surface area contributed by atoms with Gasteiger partial charge in [-0.15, -0.1) is 0 Å². The molecule has 104 valence electrons. The Kier molecular flexibility index (Phi) is 5.01. The average Bonchev–Trinajstić information content (AvgIpc) is 3.20. The van der Waals surface area contributed by atoms with Gasteiger partial charge in [0.05, 0.1) is 6.54 Å². The van der Waals surface area contributed by atoms with Crippen molar-refractivity contribution in [1.82, 2.24) is 15.1 Å². The molecule has 1 amide bonds. The Hall–Kier alpha value is -0.610. The van der Waals surface area contributed by atoms with Crippen LogP contribution in [0.5, 0.6) is 0 Å². The summed E-state index contributed by atoms with van der Waals surface area (Å²) in [5, 5.41) is 3.30. The van der Waals surface area contributed by atoms with Crippen LogP contribution in [0.4, 0.5) is 0 Å². The van der Waals surface area contributed by atoms with Crippen LogP contribution in [0.15, 0.2) is 0 Å². The van der Waals surface area contributed by atoms with Gasteiger partial charge in [-0.05, 0) is 64.7 Å². The molecule has 0 unspecified atom stereocenters. The van der Waals surface area contributed by atoms with E-state index in [9.17, 15) is 4.79 Å². The minimum Gasteiger partial charge on any atom is -0.342 e. The number of carbonyl (C=O) groups is 1. The van der Waals surface area contributed by atoms with Gasteiger partial charge in [-0.3, -0.25) is 4.79 Å². The molecule has 0 atom stereocenters. The maximum Gasteiger partial charge on any atom is 0.236 e. The van der Waals surface area contributed by atoms with Crippen molar-refractivity contribution in [3.63, 3.8) is 0 Å². The molecule has 2 rings (SSSR count). The van der Waals surface area contributed by atoms with Gasteiger partial charge in [0.2, 0.25) is 5.91 Å². The zero-order valence-electron chi connectivity index (χ0n) is 11.8. The summed E-state index contributed by atoms with van der Waals surface area (Å²) in [6, 6.07) is 0.535. The summed E-state index contributed by atoms with van der Waals surface area (Å²) in [5.74, 6) is 1.10. The molecule has 1 aliphatic heterocycles. The van der Waals surface area contributed by atoms with Crippen molar-refractivity contribution in [2.75, 3.05) is 40.3 Å². The molecule has 18 heavy (non-hydrogen) atoms. The van der Waals surface area contributed by atoms with Gasteiger partial charge in [0, 0.05) is 13.1 Å². The lowest BCUT2D eigenvalue weighted by molar-refractivity contribution is -0.129. The summed E-state index contributed by atoms with van der Waals surface area (Å²) in [7, 11) is 4.12. The van der Waals surface area contributed by atoms with Gasteiger partial charge >= 0.3 is 0 Å². The molecule has 0 radical (unpaired) electrons. The number of hydrogen-bond acceptors (Lipinski definition) is 3. The summed E-state index contributed by atoms with van der Waals surface area (Å²) in [4.78, 5) is 16.1. The van der Waals surface area contributed by atoms with Crippen LogP contribution < -0.4 is 5.32 Å². The number of amides is 1. The van der Waals surface area contributed by atoms with E-state index in [1.165, 1.54) is 45.2 Å². The van der Waals surface area contributed by atoms with Crippen LogP contribution >= 0.6 is 0 Å². The number of likely N-dealkylation sites (tertiary alicyclic amines) is 1. The lowest BCUT2D eigenvalue weighted by atomic mass is 9.94. The summed E-state index contributed by atoms with van der Waals surface area (Å²) in [6.07, 6.45) is 6.23. The van der Waals surface area contributed by atoms with E-state index in [-0.39, 0.29) is 5.91 Å². The highest BCUT2D eigenvalue weighted by molar-refractivity contribution is 5.78. The Labute approximate surface area is 111 Å². The first-order valence-corrected chi connectivity index (χ1v) is 7.31.